The number of hydrogen-bond acceptors (Lipinski definition) is 4. The van der Waals surface area contributed by atoms with Crippen molar-refractivity contribution in [2.45, 2.75) is 39.3 Å². The smallest absolute Gasteiger partial charge is 0.136 e. The van der Waals surface area contributed by atoms with Crippen LogP contribution >= 0.6 is 0 Å². The Morgan fingerprint density at radius 2 is 1.95 bits per heavy atom. The SMILES string of the molecule is CCC(CC)N(CCOC)Cc1ccc(C#N)c(OC)c1. The maximum absolute atomic E-state index is 9.05. The molecule has 0 aromatic heterocycles. The van der Waals surface area contributed by atoms with E-state index in [1.165, 1.54) is 0 Å². The maximum atomic E-state index is 9.05. The molecule has 1 aromatic carbocycles. The van der Waals surface area contributed by atoms with Gasteiger partial charge in [0, 0.05) is 26.2 Å². The Bertz CT molecular complexity index is 464. The van der Waals surface area contributed by atoms with E-state index < -0.39 is 0 Å². The molecule has 0 amide bonds. The Labute approximate surface area is 128 Å². The van der Waals surface area contributed by atoms with E-state index in [2.05, 4.69) is 24.8 Å². The van der Waals surface area contributed by atoms with Gasteiger partial charge in [0.05, 0.1) is 19.3 Å². The normalized spacial score (nSPS) is 10.9. The molecule has 1 aromatic rings. The molecule has 0 saturated carbocycles. The predicted octanol–water partition coefficient (Wildman–Crippen LogP) is 3.20. The van der Waals surface area contributed by atoms with Crippen LogP contribution in [0.5, 0.6) is 5.75 Å². The van der Waals surface area contributed by atoms with Crippen molar-refractivity contribution in [1.29, 1.82) is 5.26 Å². The summed E-state index contributed by atoms with van der Waals surface area (Å²) >= 11 is 0. The summed E-state index contributed by atoms with van der Waals surface area (Å²) in [6.45, 7) is 6.91. The van der Waals surface area contributed by atoms with Crippen LogP contribution in [-0.4, -0.2) is 38.3 Å². The van der Waals surface area contributed by atoms with Crippen LogP contribution in [0.3, 0.4) is 0 Å². The summed E-state index contributed by atoms with van der Waals surface area (Å²) in [5, 5.41) is 9.05. The Kier molecular flexibility index (Phi) is 7.81. The van der Waals surface area contributed by atoms with E-state index in [0.29, 0.717) is 17.4 Å². The van der Waals surface area contributed by atoms with Crippen LogP contribution < -0.4 is 4.74 Å². The lowest BCUT2D eigenvalue weighted by molar-refractivity contribution is 0.110. The minimum atomic E-state index is 0.543. The zero-order chi connectivity index (χ0) is 15.7. The molecule has 1 rings (SSSR count). The summed E-state index contributed by atoms with van der Waals surface area (Å²) in [6, 6.07) is 8.48. The number of nitrogens with zero attached hydrogens (tertiary/aromatic N) is 2. The molecule has 0 heterocycles. The molecule has 0 bridgehead atoms. The largest absolute Gasteiger partial charge is 0.495 e. The van der Waals surface area contributed by atoms with E-state index in [9.17, 15) is 0 Å². The lowest BCUT2D eigenvalue weighted by atomic mass is 10.1. The van der Waals surface area contributed by atoms with Gasteiger partial charge in [-0.15, -0.1) is 0 Å². The minimum Gasteiger partial charge on any atom is -0.495 e. The fraction of sp³-hybridized carbons (Fsp3) is 0.588. The van der Waals surface area contributed by atoms with Crippen LogP contribution in [0, 0.1) is 11.3 Å². The van der Waals surface area contributed by atoms with Crippen molar-refractivity contribution >= 4 is 0 Å². The third-order valence-corrected chi connectivity index (χ3v) is 3.81. The summed E-state index contributed by atoms with van der Waals surface area (Å²) < 4.78 is 10.5. The van der Waals surface area contributed by atoms with Crippen LogP contribution in [0.25, 0.3) is 0 Å². The van der Waals surface area contributed by atoms with E-state index >= 15 is 0 Å². The minimum absolute atomic E-state index is 0.543. The second-order valence-electron chi connectivity index (χ2n) is 5.08. The van der Waals surface area contributed by atoms with Gasteiger partial charge in [0.15, 0.2) is 0 Å². The molecule has 0 aliphatic rings. The van der Waals surface area contributed by atoms with Gasteiger partial charge in [-0.25, -0.2) is 0 Å². The molecule has 0 aliphatic heterocycles. The van der Waals surface area contributed by atoms with E-state index in [1.54, 1.807) is 14.2 Å². The molecule has 4 heteroatoms. The lowest BCUT2D eigenvalue weighted by Gasteiger charge is -2.30. The lowest BCUT2D eigenvalue weighted by Crippen LogP contribution is -2.36. The van der Waals surface area contributed by atoms with Crippen LogP contribution in [0.1, 0.15) is 37.8 Å². The Morgan fingerprint density at radius 1 is 1.24 bits per heavy atom. The van der Waals surface area contributed by atoms with Crippen molar-refractivity contribution in [2.75, 3.05) is 27.4 Å². The summed E-state index contributed by atoms with van der Waals surface area (Å²) in [5.41, 5.74) is 1.74. The number of ether oxygens (including phenoxy) is 2. The molecule has 0 atom stereocenters. The quantitative estimate of drug-likeness (QED) is 0.700. The average Bonchev–Trinajstić information content (AvgIpc) is 2.53. The Balaban J connectivity index is 2.89. The third-order valence-electron chi connectivity index (χ3n) is 3.81. The van der Waals surface area contributed by atoms with Gasteiger partial charge >= 0.3 is 0 Å². The number of rotatable bonds is 9. The van der Waals surface area contributed by atoms with E-state index in [1.807, 2.05) is 18.2 Å². The standard InChI is InChI=1S/C17H26N2O2/c1-5-16(6-2)19(9-10-20-3)13-14-7-8-15(12-18)17(11-14)21-4/h7-8,11,16H,5-6,9-10,13H2,1-4H3. The molecule has 116 valence electrons. The number of benzene rings is 1. The van der Waals surface area contributed by atoms with E-state index in [-0.39, 0.29) is 0 Å². The molecule has 0 spiro atoms. The van der Waals surface area contributed by atoms with Crippen LogP contribution in [-0.2, 0) is 11.3 Å². The van der Waals surface area contributed by atoms with Crippen molar-refractivity contribution in [3.8, 4) is 11.8 Å². The van der Waals surface area contributed by atoms with Crippen molar-refractivity contribution in [2.24, 2.45) is 0 Å². The van der Waals surface area contributed by atoms with Crippen molar-refractivity contribution < 1.29 is 9.47 Å². The number of nitriles is 1. The monoisotopic (exact) mass is 290 g/mol. The van der Waals surface area contributed by atoms with Gasteiger partial charge in [-0.2, -0.15) is 5.26 Å². The fourth-order valence-electron chi connectivity index (χ4n) is 2.57. The second kappa shape index (κ2) is 9.38. The molecular formula is C17H26N2O2. The zero-order valence-corrected chi connectivity index (χ0v) is 13.6. The molecular weight excluding hydrogens is 264 g/mol. The Morgan fingerprint density at radius 3 is 2.48 bits per heavy atom. The highest BCUT2D eigenvalue weighted by Crippen LogP contribution is 2.21. The van der Waals surface area contributed by atoms with Gasteiger partial charge in [-0.05, 0) is 30.5 Å². The van der Waals surface area contributed by atoms with Gasteiger partial charge in [0.1, 0.15) is 11.8 Å². The fourth-order valence-corrected chi connectivity index (χ4v) is 2.57. The molecule has 0 fully saturated rings. The molecule has 0 saturated heterocycles. The van der Waals surface area contributed by atoms with Crippen LogP contribution in [0.4, 0.5) is 0 Å². The highest BCUT2D eigenvalue weighted by Gasteiger charge is 2.16. The van der Waals surface area contributed by atoms with Crippen LogP contribution in [0.2, 0.25) is 0 Å². The number of hydrogen-bond donors (Lipinski definition) is 0. The summed E-state index contributed by atoms with van der Waals surface area (Å²) in [4.78, 5) is 2.43. The van der Waals surface area contributed by atoms with Crippen molar-refractivity contribution in [3.63, 3.8) is 0 Å². The summed E-state index contributed by atoms with van der Waals surface area (Å²) in [5.74, 6) is 0.645. The van der Waals surface area contributed by atoms with Gasteiger partial charge in [0.2, 0.25) is 0 Å². The van der Waals surface area contributed by atoms with Crippen LogP contribution in [0.15, 0.2) is 18.2 Å². The van der Waals surface area contributed by atoms with E-state index in [4.69, 9.17) is 14.7 Å². The first-order valence-electron chi connectivity index (χ1n) is 7.50. The van der Waals surface area contributed by atoms with Crippen molar-refractivity contribution in [3.05, 3.63) is 29.3 Å². The topological polar surface area (TPSA) is 45.5 Å². The van der Waals surface area contributed by atoms with E-state index in [0.717, 1.165) is 38.1 Å². The molecule has 0 unspecified atom stereocenters. The zero-order valence-electron chi connectivity index (χ0n) is 13.6. The van der Waals surface area contributed by atoms with Gasteiger partial charge in [0.25, 0.3) is 0 Å². The first-order valence-corrected chi connectivity index (χ1v) is 7.50. The molecule has 21 heavy (non-hydrogen) atoms. The third kappa shape index (κ3) is 5.04. The second-order valence-corrected chi connectivity index (χ2v) is 5.08. The molecule has 0 radical (unpaired) electrons. The Hall–Kier alpha value is -1.57. The molecule has 0 aliphatic carbocycles. The van der Waals surface area contributed by atoms with Crippen molar-refractivity contribution in [1.82, 2.24) is 4.90 Å². The first kappa shape index (κ1) is 17.5. The number of methoxy groups -OCH3 is 2. The summed E-state index contributed by atoms with van der Waals surface area (Å²) in [6.07, 6.45) is 2.24. The molecule has 4 nitrogen and oxygen atoms in total. The molecule has 0 N–H and O–H groups in total. The van der Waals surface area contributed by atoms with Gasteiger partial charge < -0.3 is 9.47 Å². The van der Waals surface area contributed by atoms with Gasteiger partial charge in [-0.1, -0.05) is 19.9 Å². The highest BCUT2D eigenvalue weighted by molar-refractivity contribution is 5.45. The maximum Gasteiger partial charge on any atom is 0.136 e. The summed E-state index contributed by atoms with van der Waals surface area (Å²) in [7, 11) is 3.33. The average molecular weight is 290 g/mol. The first-order chi connectivity index (χ1) is 10.2. The highest BCUT2D eigenvalue weighted by atomic mass is 16.5. The van der Waals surface area contributed by atoms with Gasteiger partial charge in [-0.3, -0.25) is 4.90 Å². The predicted molar refractivity (Wildman–Crippen MR) is 84.4 cm³/mol.